The minimum absolute atomic E-state index is 0.179. The van der Waals surface area contributed by atoms with Crippen LogP contribution >= 0.6 is 0 Å². The molecule has 0 aliphatic carbocycles. The fraction of sp³-hybridized carbons (Fsp3) is 0.265. The molecule has 1 N–H and O–H groups in total. The van der Waals surface area contributed by atoms with Crippen molar-refractivity contribution in [3.8, 4) is 11.1 Å². The summed E-state index contributed by atoms with van der Waals surface area (Å²) in [5.74, 6) is -2.55. The number of sulfone groups is 1. The van der Waals surface area contributed by atoms with Gasteiger partial charge in [0.25, 0.3) is 5.91 Å². The minimum atomic E-state index is -3.44. The van der Waals surface area contributed by atoms with E-state index in [9.17, 15) is 26.8 Å². The number of esters is 1. The van der Waals surface area contributed by atoms with Crippen molar-refractivity contribution >= 4 is 33.4 Å². The zero-order valence-corrected chi connectivity index (χ0v) is 26.3. The van der Waals surface area contributed by atoms with Crippen LogP contribution in [0.4, 0.5) is 8.78 Å². The van der Waals surface area contributed by atoms with E-state index in [1.807, 2.05) is 10.6 Å². The first kappa shape index (κ1) is 33.3. The quantitative estimate of drug-likeness (QED) is 0.161. The zero-order chi connectivity index (χ0) is 32.8. The van der Waals surface area contributed by atoms with E-state index < -0.39 is 39.2 Å². The van der Waals surface area contributed by atoms with Crippen molar-refractivity contribution in [1.82, 2.24) is 14.9 Å². The smallest absolute Gasteiger partial charge is 0.329 e. The first-order valence-electron chi connectivity index (χ1n) is 14.2. The molecule has 0 unspecified atom stereocenters. The summed E-state index contributed by atoms with van der Waals surface area (Å²) < 4.78 is 58.7. The Morgan fingerprint density at radius 3 is 2.22 bits per heavy atom. The van der Waals surface area contributed by atoms with Crippen LogP contribution < -0.4 is 5.32 Å². The highest BCUT2D eigenvalue weighted by Gasteiger charge is 2.29. The third-order valence-corrected chi connectivity index (χ3v) is 7.66. The number of benzene rings is 3. The molecule has 11 heteroatoms. The van der Waals surface area contributed by atoms with Crippen molar-refractivity contribution in [2.45, 2.75) is 45.4 Å². The Hall–Kier alpha value is -4.64. The maximum absolute atomic E-state index is 13.9. The second-order valence-electron chi connectivity index (χ2n) is 11.7. The Morgan fingerprint density at radius 2 is 1.64 bits per heavy atom. The van der Waals surface area contributed by atoms with Crippen LogP contribution in [0.15, 0.2) is 85.5 Å². The van der Waals surface area contributed by atoms with Gasteiger partial charge < -0.3 is 14.6 Å². The summed E-state index contributed by atoms with van der Waals surface area (Å²) in [6.45, 7) is 5.45. The Balaban J connectivity index is 1.75. The van der Waals surface area contributed by atoms with Gasteiger partial charge in [0.1, 0.15) is 33.1 Å². The number of nitrogens with one attached hydrogen (secondary N) is 1. The lowest BCUT2D eigenvalue weighted by Gasteiger charge is -2.25. The van der Waals surface area contributed by atoms with Crippen molar-refractivity contribution in [1.29, 1.82) is 0 Å². The number of allylic oxidation sites excluding steroid dienone is 1. The van der Waals surface area contributed by atoms with Crippen LogP contribution in [-0.2, 0) is 25.9 Å². The monoisotopic (exact) mass is 635 g/mol. The molecule has 0 saturated heterocycles. The zero-order valence-electron chi connectivity index (χ0n) is 25.5. The van der Waals surface area contributed by atoms with Crippen molar-refractivity contribution in [2.24, 2.45) is 0 Å². The van der Waals surface area contributed by atoms with E-state index in [0.29, 0.717) is 23.2 Å². The van der Waals surface area contributed by atoms with Gasteiger partial charge in [0.15, 0.2) is 0 Å². The predicted molar refractivity (Wildman–Crippen MR) is 170 cm³/mol. The Labute approximate surface area is 261 Å². The predicted octanol–water partition coefficient (Wildman–Crippen LogP) is 5.94. The second-order valence-corrected chi connectivity index (χ2v) is 14.0. The molecule has 0 bridgehead atoms. The number of amides is 1. The summed E-state index contributed by atoms with van der Waals surface area (Å²) in [7, 11) is -3.44. The topological polar surface area (TPSA) is 107 Å². The summed E-state index contributed by atoms with van der Waals surface area (Å²) >= 11 is 0. The third-order valence-electron chi connectivity index (χ3n) is 6.69. The lowest BCUT2D eigenvalue weighted by Crippen LogP contribution is -2.45. The first-order valence-corrected chi connectivity index (χ1v) is 16.3. The van der Waals surface area contributed by atoms with Crippen LogP contribution in [0, 0.1) is 11.6 Å². The lowest BCUT2D eigenvalue weighted by atomic mass is 9.94. The number of hydrogen-bond donors (Lipinski definition) is 1. The van der Waals surface area contributed by atoms with E-state index in [-0.39, 0.29) is 23.6 Å². The number of nitrogens with zero attached hydrogens (tertiary/aromatic N) is 2. The van der Waals surface area contributed by atoms with Crippen molar-refractivity contribution < 1.29 is 31.5 Å². The van der Waals surface area contributed by atoms with Crippen LogP contribution in [-0.4, -0.2) is 53.5 Å². The molecule has 0 radical (unpaired) electrons. The van der Waals surface area contributed by atoms with E-state index in [1.165, 1.54) is 36.4 Å². The minimum Gasteiger partial charge on any atom is -0.458 e. The molecule has 1 amide bonds. The summed E-state index contributed by atoms with van der Waals surface area (Å²) in [5.41, 5.74) is 2.63. The van der Waals surface area contributed by atoms with Crippen LogP contribution in [0.5, 0.6) is 0 Å². The fourth-order valence-electron chi connectivity index (χ4n) is 4.57. The standard InChI is InChI=1S/C34H35F2N3O5S/c1-34(2,3)44-33(41)31(15-18-45(4,42)43)38-32(40)29-14-5-23(20-30(29)25-8-12-28(36)13-9-25)19-26(21-39-17-16-37-22-39)24-6-10-27(35)11-7-24/h5-14,16-17,19-20,22,31H,15,18,21H2,1-4H3,(H,38,40)/b26-19-/t31-/m0/s1. The number of halogens is 2. The van der Waals surface area contributed by atoms with Crippen LogP contribution in [0.1, 0.15) is 48.7 Å². The first-order chi connectivity index (χ1) is 21.2. The van der Waals surface area contributed by atoms with E-state index >= 15 is 0 Å². The highest BCUT2D eigenvalue weighted by atomic mass is 32.2. The molecule has 1 atom stereocenters. The molecule has 0 aliphatic heterocycles. The van der Waals surface area contributed by atoms with Crippen molar-refractivity contribution in [3.63, 3.8) is 0 Å². The van der Waals surface area contributed by atoms with Crippen LogP contribution in [0.3, 0.4) is 0 Å². The third kappa shape index (κ3) is 9.94. The van der Waals surface area contributed by atoms with Gasteiger partial charge in [-0.15, -0.1) is 0 Å². The number of aromatic nitrogens is 2. The maximum atomic E-state index is 13.9. The SMILES string of the molecule is CC(C)(C)OC(=O)[C@H](CCS(C)(=O)=O)NC(=O)c1ccc(/C=C(/Cn2ccnc2)c2ccc(F)cc2)cc1-c1ccc(F)cc1. The van der Waals surface area contributed by atoms with Crippen LogP contribution in [0.2, 0.25) is 0 Å². The average Bonchev–Trinajstić information content (AvgIpc) is 3.47. The van der Waals surface area contributed by atoms with Gasteiger partial charge in [-0.05, 0) is 97.5 Å². The molecule has 0 spiro atoms. The molecule has 1 heterocycles. The van der Waals surface area contributed by atoms with Gasteiger partial charge in [0, 0.05) is 30.8 Å². The lowest BCUT2D eigenvalue weighted by molar-refractivity contribution is -0.157. The molecule has 4 aromatic rings. The van der Waals surface area contributed by atoms with Gasteiger partial charge in [0.2, 0.25) is 0 Å². The van der Waals surface area contributed by atoms with Gasteiger partial charge in [-0.25, -0.2) is 27.0 Å². The number of ether oxygens (including phenoxy) is 1. The Bertz CT molecular complexity index is 1780. The summed E-state index contributed by atoms with van der Waals surface area (Å²) in [6.07, 6.45) is 7.90. The van der Waals surface area contributed by atoms with Gasteiger partial charge in [-0.1, -0.05) is 30.3 Å². The second kappa shape index (κ2) is 14.0. The molecule has 3 aromatic carbocycles. The van der Waals surface area contributed by atoms with Gasteiger partial charge >= 0.3 is 5.97 Å². The number of hydrogen-bond acceptors (Lipinski definition) is 6. The van der Waals surface area contributed by atoms with E-state index in [4.69, 9.17) is 4.74 Å². The van der Waals surface area contributed by atoms with Crippen molar-refractivity contribution in [2.75, 3.05) is 12.0 Å². The Kier molecular flexibility index (Phi) is 10.3. The van der Waals surface area contributed by atoms with Gasteiger partial charge in [-0.3, -0.25) is 4.79 Å². The van der Waals surface area contributed by atoms with Crippen molar-refractivity contribution in [3.05, 3.63) is 114 Å². The highest BCUT2D eigenvalue weighted by Crippen LogP contribution is 2.29. The normalized spacial score (nSPS) is 12.9. The molecular formula is C34H35F2N3O5S. The molecular weight excluding hydrogens is 600 g/mol. The maximum Gasteiger partial charge on any atom is 0.329 e. The molecule has 45 heavy (non-hydrogen) atoms. The fourth-order valence-corrected chi connectivity index (χ4v) is 5.23. The molecule has 0 fully saturated rings. The number of rotatable bonds is 11. The number of imidazole rings is 1. The summed E-state index contributed by atoms with van der Waals surface area (Å²) in [5, 5.41) is 2.66. The molecule has 8 nitrogen and oxygen atoms in total. The van der Waals surface area contributed by atoms with E-state index in [2.05, 4.69) is 10.3 Å². The number of carbonyl (C=O) groups excluding carboxylic acids is 2. The van der Waals surface area contributed by atoms with E-state index in [0.717, 1.165) is 17.4 Å². The molecule has 0 saturated carbocycles. The molecule has 236 valence electrons. The summed E-state index contributed by atoms with van der Waals surface area (Å²) in [4.78, 5) is 30.8. The molecule has 1 aromatic heterocycles. The Morgan fingerprint density at radius 1 is 1.00 bits per heavy atom. The average molecular weight is 636 g/mol. The van der Waals surface area contributed by atoms with Gasteiger partial charge in [-0.2, -0.15) is 0 Å². The highest BCUT2D eigenvalue weighted by molar-refractivity contribution is 7.90. The van der Waals surface area contributed by atoms with Crippen LogP contribution in [0.25, 0.3) is 22.8 Å². The molecule has 4 rings (SSSR count). The largest absolute Gasteiger partial charge is 0.458 e. The van der Waals surface area contributed by atoms with Gasteiger partial charge in [0.05, 0.1) is 12.1 Å². The van der Waals surface area contributed by atoms with E-state index in [1.54, 1.807) is 69.8 Å². The summed E-state index contributed by atoms with van der Waals surface area (Å²) in [6, 6.07) is 15.6. The number of carbonyl (C=O) groups is 2. The molecule has 0 aliphatic rings.